The number of aryl methyl sites for hydroxylation is 3. The van der Waals surface area contributed by atoms with Crippen LogP contribution in [-0.2, 0) is 17.6 Å². The van der Waals surface area contributed by atoms with Crippen LogP contribution in [0.1, 0.15) is 35.8 Å². The van der Waals surface area contributed by atoms with Crippen LogP contribution < -0.4 is 10.9 Å². The van der Waals surface area contributed by atoms with Crippen LogP contribution in [-0.4, -0.2) is 20.7 Å². The molecule has 7 heteroatoms. The molecule has 1 aliphatic rings. The minimum atomic E-state index is -0.430. The summed E-state index contributed by atoms with van der Waals surface area (Å²) in [6.07, 6.45) is 4.21. The van der Waals surface area contributed by atoms with Gasteiger partial charge in [0, 0.05) is 10.6 Å². The lowest BCUT2D eigenvalue weighted by Crippen LogP contribution is -2.26. The zero-order valence-corrected chi connectivity index (χ0v) is 20.3. The monoisotopic (exact) mass is 475 g/mol. The highest BCUT2D eigenvalue weighted by Gasteiger charge is 2.25. The smallest absolute Gasteiger partial charge is 0.267 e. The maximum absolute atomic E-state index is 13.9. The minimum Gasteiger partial charge on any atom is -0.325 e. The first-order valence-electron chi connectivity index (χ1n) is 11.2. The van der Waals surface area contributed by atoms with E-state index >= 15 is 0 Å². The van der Waals surface area contributed by atoms with Crippen LogP contribution in [0.5, 0.6) is 0 Å². The van der Waals surface area contributed by atoms with Gasteiger partial charge in [-0.05, 0) is 74.9 Å². The zero-order chi connectivity index (χ0) is 22.9. The first kappa shape index (κ1) is 21.9. The molecule has 1 aliphatic carbocycles. The lowest BCUT2D eigenvalue weighted by atomic mass is 9.97. The Morgan fingerprint density at radius 3 is 2.70 bits per heavy atom. The Morgan fingerprint density at radius 2 is 1.91 bits per heavy atom. The van der Waals surface area contributed by atoms with E-state index in [0.29, 0.717) is 5.16 Å². The van der Waals surface area contributed by atoms with E-state index in [1.165, 1.54) is 22.2 Å². The van der Waals surface area contributed by atoms with Crippen molar-refractivity contribution in [3.8, 4) is 5.69 Å². The molecule has 33 heavy (non-hydrogen) atoms. The lowest BCUT2D eigenvalue weighted by Gasteiger charge is -2.16. The molecule has 0 bridgehead atoms. The van der Waals surface area contributed by atoms with Gasteiger partial charge < -0.3 is 5.32 Å². The van der Waals surface area contributed by atoms with Crippen molar-refractivity contribution in [2.45, 2.75) is 49.9 Å². The predicted molar refractivity (Wildman–Crippen MR) is 137 cm³/mol. The van der Waals surface area contributed by atoms with Gasteiger partial charge in [0.15, 0.2) is 5.16 Å². The predicted octanol–water partition coefficient (Wildman–Crippen LogP) is 5.75. The summed E-state index contributed by atoms with van der Waals surface area (Å²) in [6.45, 7) is 3.86. The SMILES string of the molecule is Cc1cccc(-n2c(SC(C)C(=O)Nc3ccccc3)nc3sc4c(c3c2=O)CCCC4)c1. The molecule has 5 nitrogen and oxygen atoms in total. The van der Waals surface area contributed by atoms with Gasteiger partial charge in [0.1, 0.15) is 4.83 Å². The number of carbonyl (C=O) groups excluding carboxylic acids is 1. The fourth-order valence-corrected chi connectivity index (χ4v) is 6.47. The summed E-state index contributed by atoms with van der Waals surface area (Å²) in [6, 6.07) is 17.3. The number of carbonyl (C=O) groups is 1. The van der Waals surface area contributed by atoms with Crippen LogP contribution in [0.4, 0.5) is 5.69 Å². The maximum Gasteiger partial charge on any atom is 0.267 e. The molecule has 0 spiro atoms. The average Bonchev–Trinajstić information content (AvgIpc) is 3.18. The van der Waals surface area contributed by atoms with Gasteiger partial charge in [0.25, 0.3) is 5.56 Å². The van der Waals surface area contributed by atoms with E-state index in [2.05, 4.69) is 5.32 Å². The van der Waals surface area contributed by atoms with E-state index in [9.17, 15) is 9.59 Å². The van der Waals surface area contributed by atoms with Gasteiger partial charge in [0.2, 0.25) is 5.91 Å². The fraction of sp³-hybridized carbons (Fsp3) is 0.269. The van der Waals surface area contributed by atoms with Gasteiger partial charge >= 0.3 is 0 Å². The highest BCUT2D eigenvalue weighted by atomic mass is 32.2. The number of rotatable bonds is 5. The Kier molecular flexibility index (Phi) is 6.08. The number of hydrogen-bond donors (Lipinski definition) is 1. The molecule has 2 aromatic heterocycles. The first-order chi connectivity index (χ1) is 16.0. The molecular formula is C26H25N3O2S2. The molecule has 0 radical (unpaired) electrons. The van der Waals surface area contributed by atoms with Gasteiger partial charge in [-0.2, -0.15) is 0 Å². The van der Waals surface area contributed by atoms with Crippen LogP contribution in [0.3, 0.4) is 0 Å². The highest BCUT2D eigenvalue weighted by Crippen LogP contribution is 2.36. The van der Waals surface area contributed by atoms with E-state index in [0.717, 1.165) is 52.8 Å². The molecule has 168 valence electrons. The first-order valence-corrected chi connectivity index (χ1v) is 12.9. The number of benzene rings is 2. The molecule has 0 saturated carbocycles. The van der Waals surface area contributed by atoms with Gasteiger partial charge in [0.05, 0.1) is 16.3 Å². The van der Waals surface area contributed by atoms with Crippen LogP contribution in [0.15, 0.2) is 64.5 Å². The Hall–Kier alpha value is -2.90. The molecule has 1 N–H and O–H groups in total. The number of thioether (sulfide) groups is 1. The van der Waals surface area contributed by atoms with Crippen molar-refractivity contribution < 1.29 is 4.79 Å². The van der Waals surface area contributed by atoms with E-state index in [1.54, 1.807) is 15.9 Å². The second-order valence-electron chi connectivity index (χ2n) is 8.38. The van der Waals surface area contributed by atoms with Crippen molar-refractivity contribution in [1.29, 1.82) is 0 Å². The third kappa shape index (κ3) is 4.35. The summed E-state index contributed by atoms with van der Waals surface area (Å²) in [7, 11) is 0. The summed E-state index contributed by atoms with van der Waals surface area (Å²) >= 11 is 2.95. The average molecular weight is 476 g/mol. The van der Waals surface area contributed by atoms with Crippen molar-refractivity contribution in [3.63, 3.8) is 0 Å². The molecule has 2 aromatic carbocycles. The number of thiophene rings is 1. The van der Waals surface area contributed by atoms with E-state index in [-0.39, 0.29) is 11.5 Å². The summed E-state index contributed by atoms with van der Waals surface area (Å²) in [5.41, 5.74) is 3.73. The molecule has 4 aromatic rings. The number of para-hydroxylation sites is 1. The number of fused-ring (bicyclic) bond motifs is 3. The van der Waals surface area contributed by atoms with Gasteiger partial charge in [-0.25, -0.2) is 4.98 Å². The topological polar surface area (TPSA) is 64.0 Å². The number of hydrogen-bond acceptors (Lipinski definition) is 5. The molecular weight excluding hydrogens is 450 g/mol. The quantitative estimate of drug-likeness (QED) is 0.295. The molecule has 0 fully saturated rings. The summed E-state index contributed by atoms with van der Waals surface area (Å²) in [4.78, 5) is 33.7. The Morgan fingerprint density at radius 1 is 1.12 bits per heavy atom. The molecule has 0 saturated heterocycles. The van der Waals surface area contributed by atoms with E-state index < -0.39 is 5.25 Å². The number of amides is 1. The largest absolute Gasteiger partial charge is 0.325 e. The number of anilines is 1. The summed E-state index contributed by atoms with van der Waals surface area (Å²) < 4.78 is 1.69. The second-order valence-corrected chi connectivity index (χ2v) is 10.8. The van der Waals surface area contributed by atoms with Crippen molar-refractivity contribution in [1.82, 2.24) is 9.55 Å². The van der Waals surface area contributed by atoms with Crippen LogP contribution in [0, 0.1) is 6.92 Å². The Bertz CT molecular complexity index is 1390. The summed E-state index contributed by atoms with van der Waals surface area (Å²) in [5.74, 6) is -0.123. The fourth-order valence-electron chi connectivity index (χ4n) is 4.24. The van der Waals surface area contributed by atoms with Crippen molar-refractivity contribution in [2.24, 2.45) is 0 Å². The summed E-state index contributed by atoms with van der Waals surface area (Å²) in [5, 5.41) is 3.82. The van der Waals surface area contributed by atoms with Gasteiger partial charge in [-0.3, -0.25) is 14.2 Å². The highest BCUT2D eigenvalue weighted by molar-refractivity contribution is 8.00. The maximum atomic E-state index is 13.9. The third-order valence-corrected chi connectivity index (χ3v) is 8.15. The third-order valence-electron chi connectivity index (χ3n) is 5.91. The molecule has 1 amide bonds. The molecule has 1 atom stereocenters. The number of nitrogens with one attached hydrogen (secondary N) is 1. The van der Waals surface area contributed by atoms with Crippen molar-refractivity contribution in [3.05, 3.63) is 81.0 Å². The zero-order valence-electron chi connectivity index (χ0n) is 18.6. The van der Waals surface area contributed by atoms with Crippen LogP contribution in [0.2, 0.25) is 0 Å². The Balaban J connectivity index is 1.59. The lowest BCUT2D eigenvalue weighted by molar-refractivity contribution is -0.115. The van der Waals surface area contributed by atoms with Gasteiger partial charge in [-0.1, -0.05) is 42.1 Å². The van der Waals surface area contributed by atoms with Gasteiger partial charge in [-0.15, -0.1) is 11.3 Å². The standard InChI is InChI=1S/C26H25N3O2S2/c1-16-9-8-12-19(15-16)29-25(31)22-20-13-6-7-14-21(20)33-24(22)28-26(29)32-17(2)23(30)27-18-10-4-3-5-11-18/h3-5,8-12,15,17H,6-7,13-14H2,1-2H3,(H,27,30). The molecule has 0 aliphatic heterocycles. The van der Waals surface area contributed by atoms with Crippen LogP contribution in [0.25, 0.3) is 15.9 Å². The number of nitrogens with zero attached hydrogens (tertiary/aromatic N) is 2. The van der Waals surface area contributed by atoms with Crippen LogP contribution >= 0.6 is 23.1 Å². The Labute approximate surface area is 200 Å². The normalized spacial score (nSPS) is 14.1. The van der Waals surface area contributed by atoms with Crippen molar-refractivity contribution in [2.75, 3.05) is 5.32 Å². The second kappa shape index (κ2) is 9.15. The minimum absolute atomic E-state index is 0.0387. The number of aromatic nitrogens is 2. The van der Waals surface area contributed by atoms with Crippen molar-refractivity contribution >= 4 is 44.9 Å². The molecule has 2 heterocycles. The molecule has 5 rings (SSSR count). The van der Waals surface area contributed by atoms with E-state index in [1.807, 2.05) is 68.4 Å². The van der Waals surface area contributed by atoms with E-state index in [4.69, 9.17) is 4.98 Å². The molecule has 1 unspecified atom stereocenters.